The van der Waals surface area contributed by atoms with Gasteiger partial charge in [0, 0.05) is 37.4 Å². The normalized spacial score (nSPS) is 24.3. The average Bonchev–Trinajstić information content (AvgIpc) is 3.10. The Morgan fingerprint density at radius 2 is 1.79 bits per heavy atom. The number of sulfone groups is 1. The monoisotopic (exact) mass is 418 g/mol. The van der Waals surface area contributed by atoms with Crippen molar-refractivity contribution in [1.29, 1.82) is 0 Å². The van der Waals surface area contributed by atoms with Crippen LogP contribution in [0.1, 0.15) is 13.8 Å². The van der Waals surface area contributed by atoms with E-state index in [4.69, 9.17) is 4.74 Å². The first-order valence-electron chi connectivity index (χ1n) is 9.91. The molecule has 0 bridgehead atoms. The van der Waals surface area contributed by atoms with Crippen LogP contribution in [-0.4, -0.2) is 56.5 Å². The highest BCUT2D eigenvalue weighted by Crippen LogP contribution is 2.52. The smallest absolute Gasteiger partial charge is 0.175 e. The molecule has 2 heterocycles. The summed E-state index contributed by atoms with van der Waals surface area (Å²) >= 11 is 0. The van der Waals surface area contributed by atoms with Gasteiger partial charge in [-0.25, -0.2) is 12.8 Å². The van der Waals surface area contributed by atoms with E-state index in [0.717, 1.165) is 30.1 Å². The largest absolute Gasteiger partial charge is 0.492 e. The molecule has 7 heteroatoms. The van der Waals surface area contributed by atoms with Gasteiger partial charge in [-0.15, -0.1) is 0 Å². The second-order valence-electron chi connectivity index (χ2n) is 8.89. The van der Waals surface area contributed by atoms with E-state index < -0.39 is 15.5 Å². The fourth-order valence-corrected chi connectivity index (χ4v) is 4.98. The number of halogens is 1. The first-order chi connectivity index (χ1) is 13.6. The van der Waals surface area contributed by atoms with Gasteiger partial charge in [0.05, 0.1) is 23.4 Å². The maximum absolute atomic E-state index is 13.8. The second-order valence-corrected chi connectivity index (χ2v) is 10.9. The summed E-state index contributed by atoms with van der Waals surface area (Å²) < 4.78 is 42.8. The molecule has 1 aromatic carbocycles. The van der Waals surface area contributed by atoms with E-state index >= 15 is 0 Å². The molecule has 156 valence electrons. The summed E-state index contributed by atoms with van der Waals surface area (Å²) in [6.45, 7) is 6.37. The lowest BCUT2D eigenvalue weighted by atomic mass is 10.1. The first kappa shape index (κ1) is 20.3. The number of hydrogen-bond acceptors (Lipinski definition) is 5. The van der Waals surface area contributed by atoms with E-state index in [9.17, 15) is 12.8 Å². The van der Waals surface area contributed by atoms with Crippen LogP contribution in [0.5, 0.6) is 5.75 Å². The quantitative estimate of drug-likeness (QED) is 0.689. The predicted molar refractivity (Wildman–Crippen MR) is 110 cm³/mol. The third kappa shape index (κ3) is 4.78. The van der Waals surface area contributed by atoms with Crippen LogP contribution in [-0.2, 0) is 9.84 Å². The van der Waals surface area contributed by atoms with Crippen LogP contribution in [0.2, 0.25) is 0 Å². The van der Waals surface area contributed by atoms with Crippen molar-refractivity contribution >= 4 is 9.84 Å². The number of hydrogen-bond donors (Lipinski definition) is 0. The Kier molecular flexibility index (Phi) is 5.15. The van der Waals surface area contributed by atoms with Crippen molar-refractivity contribution in [1.82, 2.24) is 9.88 Å². The number of alkyl halides is 1. The Bertz CT molecular complexity index is 957. The van der Waals surface area contributed by atoms with E-state index in [-0.39, 0.29) is 0 Å². The van der Waals surface area contributed by atoms with E-state index in [2.05, 4.69) is 9.88 Å². The topological polar surface area (TPSA) is 59.5 Å². The first-order valence-corrected chi connectivity index (χ1v) is 11.8. The van der Waals surface area contributed by atoms with Gasteiger partial charge in [0.25, 0.3) is 0 Å². The van der Waals surface area contributed by atoms with Crippen molar-refractivity contribution in [3.8, 4) is 17.0 Å². The molecule has 3 atom stereocenters. The minimum atomic E-state index is -3.20. The molecule has 2 aromatic rings. The van der Waals surface area contributed by atoms with Gasteiger partial charge in [0.1, 0.15) is 11.4 Å². The van der Waals surface area contributed by atoms with E-state index in [1.54, 1.807) is 44.3 Å². The Morgan fingerprint density at radius 3 is 2.31 bits per heavy atom. The van der Waals surface area contributed by atoms with Crippen molar-refractivity contribution in [3.63, 3.8) is 0 Å². The summed E-state index contributed by atoms with van der Waals surface area (Å²) in [5.74, 6) is 2.53. The highest BCUT2D eigenvalue weighted by molar-refractivity contribution is 7.90. The van der Waals surface area contributed by atoms with Crippen LogP contribution in [0, 0.1) is 17.8 Å². The van der Waals surface area contributed by atoms with Crippen molar-refractivity contribution in [3.05, 3.63) is 42.6 Å². The number of piperidine rings is 1. The maximum atomic E-state index is 13.8. The summed E-state index contributed by atoms with van der Waals surface area (Å²) in [6.07, 6.45) is 2.90. The minimum absolute atomic E-state index is 0.296. The van der Waals surface area contributed by atoms with Crippen molar-refractivity contribution in [2.45, 2.75) is 24.4 Å². The number of aromatic nitrogens is 1. The Balaban J connectivity index is 1.28. The number of nitrogens with zero attached hydrogens (tertiary/aromatic N) is 2. The SMILES string of the molecule is CC(C)(F)CN1CC2[C@@H](COc3ccc(-c4ccc(S(C)(=O)=O)cc4)nc3)[C@@H]2C1. The molecular formula is C22H27FN2O3S. The van der Waals surface area contributed by atoms with Crippen LogP contribution >= 0.6 is 0 Å². The fourth-order valence-electron chi connectivity index (χ4n) is 4.35. The number of ether oxygens (including phenoxy) is 1. The van der Waals surface area contributed by atoms with Crippen molar-refractivity contribution in [2.24, 2.45) is 17.8 Å². The van der Waals surface area contributed by atoms with Gasteiger partial charge in [-0.1, -0.05) is 12.1 Å². The fraction of sp³-hybridized carbons (Fsp3) is 0.500. The van der Waals surface area contributed by atoms with Gasteiger partial charge < -0.3 is 4.74 Å². The van der Waals surface area contributed by atoms with Gasteiger partial charge >= 0.3 is 0 Å². The Morgan fingerprint density at radius 1 is 1.14 bits per heavy atom. The van der Waals surface area contributed by atoms with Crippen LogP contribution in [0.25, 0.3) is 11.3 Å². The van der Waals surface area contributed by atoms with Gasteiger partial charge in [0.15, 0.2) is 9.84 Å². The molecule has 0 amide bonds. The van der Waals surface area contributed by atoms with E-state index in [1.165, 1.54) is 6.26 Å². The number of likely N-dealkylation sites (tertiary alicyclic amines) is 1. The third-order valence-corrected chi connectivity index (χ3v) is 6.93. The number of rotatable bonds is 7. The van der Waals surface area contributed by atoms with Gasteiger partial charge in [0.2, 0.25) is 0 Å². The van der Waals surface area contributed by atoms with Crippen molar-refractivity contribution in [2.75, 3.05) is 32.5 Å². The van der Waals surface area contributed by atoms with Gasteiger partial charge in [-0.05, 0) is 49.9 Å². The average molecular weight is 419 g/mol. The molecule has 1 aliphatic carbocycles. The summed E-state index contributed by atoms with van der Waals surface area (Å²) in [7, 11) is -3.20. The summed E-state index contributed by atoms with van der Waals surface area (Å²) in [4.78, 5) is 6.95. The van der Waals surface area contributed by atoms with Gasteiger partial charge in [-0.2, -0.15) is 0 Å². The van der Waals surface area contributed by atoms with Crippen LogP contribution in [0.3, 0.4) is 0 Å². The molecule has 1 saturated carbocycles. The van der Waals surface area contributed by atoms with E-state index in [0.29, 0.717) is 35.8 Å². The van der Waals surface area contributed by atoms with Crippen molar-refractivity contribution < 1.29 is 17.5 Å². The molecule has 1 unspecified atom stereocenters. The number of pyridine rings is 1. The second kappa shape index (κ2) is 7.36. The third-order valence-electron chi connectivity index (χ3n) is 5.80. The molecule has 0 N–H and O–H groups in total. The molecule has 2 aliphatic rings. The molecule has 1 saturated heterocycles. The summed E-state index contributed by atoms with van der Waals surface area (Å²) in [5, 5.41) is 0. The molecule has 2 fully saturated rings. The molecule has 4 rings (SSSR count). The molecule has 5 nitrogen and oxygen atoms in total. The zero-order valence-electron chi connectivity index (χ0n) is 17.0. The summed E-state index contributed by atoms with van der Waals surface area (Å²) in [5.41, 5.74) is 0.489. The number of benzene rings is 1. The predicted octanol–water partition coefficient (Wildman–Crippen LogP) is 3.46. The Hall–Kier alpha value is -1.99. The zero-order valence-corrected chi connectivity index (χ0v) is 17.8. The zero-order chi connectivity index (χ0) is 20.8. The van der Waals surface area contributed by atoms with Gasteiger partial charge in [-0.3, -0.25) is 9.88 Å². The standard InChI is InChI=1S/C22H27FN2O3S/c1-22(2,23)14-25-11-18-19(12-25)20(18)13-28-16-6-9-21(24-10-16)15-4-7-17(8-5-15)29(3,26)27/h4-10,18-20H,11-14H2,1-3H3/t18-,19?,20+/m1/s1. The minimum Gasteiger partial charge on any atom is -0.492 e. The highest BCUT2D eigenvalue weighted by atomic mass is 32.2. The molecule has 0 spiro atoms. The molecule has 0 radical (unpaired) electrons. The lowest BCUT2D eigenvalue weighted by molar-refractivity contribution is 0.126. The molecule has 1 aromatic heterocycles. The molecule has 29 heavy (non-hydrogen) atoms. The van der Waals surface area contributed by atoms with E-state index in [1.807, 2.05) is 12.1 Å². The maximum Gasteiger partial charge on any atom is 0.175 e. The Labute approximate surface area is 171 Å². The molecular weight excluding hydrogens is 391 g/mol. The van der Waals surface area contributed by atoms with Crippen LogP contribution < -0.4 is 4.74 Å². The molecule has 1 aliphatic heterocycles. The van der Waals surface area contributed by atoms with Crippen LogP contribution in [0.15, 0.2) is 47.5 Å². The van der Waals surface area contributed by atoms with Crippen LogP contribution in [0.4, 0.5) is 4.39 Å². The lowest BCUT2D eigenvalue weighted by Gasteiger charge is -2.25. The highest BCUT2D eigenvalue weighted by Gasteiger charge is 2.56. The summed E-state index contributed by atoms with van der Waals surface area (Å²) in [6, 6.07) is 10.5. The lowest BCUT2D eigenvalue weighted by Crippen LogP contribution is -2.36. The number of fused-ring (bicyclic) bond motifs is 1.